The minimum Gasteiger partial charge on any atom is -0.354 e. The fourth-order valence-electron chi connectivity index (χ4n) is 1.71. The van der Waals surface area contributed by atoms with E-state index in [-0.39, 0.29) is 29.9 Å². The van der Waals surface area contributed by atoms with Crippen molar-refractivity contribution in [3.05, 3.63) is 0 Å². The molecule has 0 radical (unpaired) electrons. The highest BCUT2D eigenvalue weighted by Crippen LogP contribution is 1.97. The Morgan fingerprint density at radius 1 is 1.00 bits per heavy atom. The van der Waals surface area contributed by atoms with Crippen molar-refractivity contribution in [2.24, 2.45) is 0 Å². The van der Waals surface area contributed by atoms with Gasteiger partial charge >= 0.3 is 0 Å². The summed E-state index contributed by atoms with van der Waals surface area (Å²) in [6, 6.07) is 0.122. The molecule has 19 heavy (non-hydrogen) atoms. The number of amides is 2. The molecule has 5 nitrogen and oxygen atoms in total. The molecule has 0 aromatic rings. The van der Waals surface area contributed by atoms with Gasteiger partial charge in [0.15, 0.2) is 0 Å². The van der Waals surface area contributed by atoms with Crippen LogP contribution in [0, 0.1) is 0 Å². The Labute approximate surface area is 116 Å². The maximum absolute atomic E-state index is 11.9. The van der Waals surface area contributed by atoms with Gasteiger partial charge in [-0.15, -0.1) is 0 Å². The van der Waals surface area contributed by atoms with Gasteiger partial charge in [-0.25, -0.2) is 0 Å². The van der Waals surface area contributed by atoms with Gasteiger partial charge in [0.25, 0.3) is 0 Å². The standard InChI is InChI=1S/C14H29N3O2/c1-6-12(7-2)17-14(19)11(5)15-9-8-13(18)16-10(3)4/h10-12,15H,6-9H2,1-5H3,(H,16,18)(H,17,19). The van der Waals surface area contributed by atoms with Gasteiger partial charge in [-0.05, 0) is 33.6 Å². The van der Waals surface area contributed by atoms with E-state index in [2.05, 4.69) is 29.8 Å². The van der Waals surface area contributed by atoms with Gasteiger partial charge in [-0.3, -0.25) is 9.59 Å². The van der Waals surface area contributed by atoms with Crippen molar-refractivity contribution in [3.8, 4) is 0 Å². The molecule has 2 amide bonds. The van der Waals surface area contributed by atoms with E-state index in [0.29, 0.717) is 13.0 Å². The molecule has 0 bridgehead atoms. The summed E-state index contributed by atoms with van der Waals surface area (Å²) < 4.78 is 0. The van der Waals surface area contributed by atoms with Crippen LogP contribution in [0.1, 0.15) is 53.9 Å². The van der Waals surface area contributed by atoms with Crippen LogP contribution in [0.5, 0.6) is 0 Å². The Morgan fingerprint density at radius 2 is 1.58 bits per heavy atom. The second-order valence-corrected chi connectivity index (χ2v) is 5.17. The molecular formula is C14H29N3O2. The van der Waals surface area contributed by atoms with Crippen molar-refractivity contribution in [1.82, 2.24) is 16.0 Å². The first-order valence-electron chi connectivity index (χ1n) is 7.23. The van der Waals surface area contributed by atoms with Gasteiger partial charge in [-0.1, -0.05) is 13.8 Å². The fourth-order valence-corrected chi connectivity index (χ4v) is 1.71. The van der Waals surface area contributed by atoms with Gasteiger partial charge in [-0.2, -0.15) is 0 Å². The molecule has 0 rings (SSSR count). The third kappa shape index (κ3) is 8.59. The summed E-state index contributed by atoms with van der Waals surface area (Å²) in [6.45, 7) is 10.3. The molecule has 0 aliphatic carbocycles. The fraction of sp³-hybridized carbons (Fsp3) is 0.857. The lowest BCUT2D eigenvalue weighted by Gasteiger charge is -2.19. The van der Waals surface area contributed by atoms with Crippen molar-refractivity contribution in [1.29, 1.82) is 0 Å². The molecule has 0 saturated carbocycles. The number of hydrogen-bond donors (Lipinski definition) is 3. The number of hydrogen-bond acceptors (Lipinski definition) is 3. The predicted octanol–water partition coefficient (Wildman–Crippen LogP) is 1.18. The lowest BCUT2D eigenvalue weighted by atomic mass is 10.1. The van der Waals surface area contributed by atoms with E-state index < -0.39 is 0 Å². The zero-order valence-electron chi connectivity index (χ0n) is 12.9. The van der Waals surface area contributed by atoms with Gasteiger partial charge in [0, 0.05) is 25.0 Å². The molecule has 0 spiro atoms. The molecule has 3 N–H and O–H groups in total. The highest BCUT2D eigenvalue weighted by atomic mass is 16.2. The van der Waals surface area contributed by atoms with Crippen LogP contribution in [-0.2, 0) is 9.59 Å². The molecule has 0 aliphatic heterocycles. The Kier molecular flexibility index (Phi) is 9.21. The molecule has 0 aromatic carbocycles. The second-order valence-electron chi connectivity index (χ2n) is 5.17. The van der Waals surface area contributed by atoms with E-state index in [1.807, 2.05) is 20.8 Å². The molecule has 1 atom stereocenters. The lowest BCUT2D eigenvalue weighted by Crippen LogP contribution is -2.46. The molecule has 0 aliphatic rings. The Morgan fingerprint density at radius 3 is 2.05 bits per heavy atom. The quantitative estimate of drug-likeness (QED) is 0.590. The molecular weight excluding hydrogens is 242 g/mol. The largest absolute Gasteiger partial charge is 0.354 e. The first-order valence-corrected chi connectivity index (χ1v) is 7.23. The smallest absolute Gasteiger partial charge is 0.237 e. The van der Waals surface area contributed by atoms with Gasteiger partial charge in [0.2, 0.25) is 11.8 Å². The van der Waals surface area contributed by atoms with Crippen LogP contribution in [-0.4, -0.2) is 36.5 Å². The molecule has 112 valence electrons. The summed E-state index contributed by atoms with van der Waals surface area (Å²) in [6.07, 6.45) is 2.26. The molecule has 1 unspecified atom stereocenters. The maximum Gasteiger partial charge on any atom is 0.237 e. The zero-order valence-corrected chi connectivity index (χ0v) is 12.9. The topological polar surface area (TPSA) is 70.2 Å². The van der Waals surface area contributed by atoms with E-state index in [9.17, 15) is 9.59 Å². The summed E-state index contributed by atoms with van der Waals surface area (Å²) in [4.78, 5) is 23.3. The lowest BCUT2D eigenvalue weighted by molar-refractivity contribution is -0.124. The minimum absolute atomic E-state index is 0.00188. The molecule has 0 saturated heterocycles. The van der Waals surface area contributed by atoms with Gasteiger partial charge in [0.1, 0.15) is 0 Å². The zero-order chi connectivity index (χ0) is 14.8. The monoisotopic (exact) mass is 271 g/mol. The number of carbonyl (C=O) groups excluding carboxylic acids is 2. The summed E-state index contributed by atoms with van der Waals surface area (Å²) >= 11 is 0. The van der Waals surface area contributed by atoms with Crippen molar-refractivity contribution < 1.29 is 9.59 Å². The molecule has 0 fully saturated rings. The van der Waals surface area contributed by atoms with E-state index >= 15 is 0 Å². The van der Waals surface area contributed by atoms with E-state index in [1.165, 1.54) is 0 Å². The highest BCUT2D eigenvalue weighted by molar-refractivity contribution is 5.81. The average molecular weight is 271 g/mol. The number of nitrogens with one attached hydrogen (secondary N) is 3. The average Bonchev–Trinajstić information content (AvgIpc) is 2.34. The van der Waals surface area contributed by atoms with Crippen LogP contribution in [0.15, 0.2) is 0 Å². The van der Waals surface area contributed by atoms with Crippen LogP contribution in [0.2, 0.25) is 0 Å². The Hall–Kier alpha value is -1.10. The van der Waals surface area contributed by atoms with Crippen molar-refractivity contribution >= 4 is 11.8 Å². The molecule has 0 heterocycles. The normalized spacial score (nSPS) is 12.6. The predicted molar refractivity (Wildman–Crippen MR) is 77.9 cm³/mol. The number of carbonyl (C=O) groups is 2. The van der Waals surface area contributed by atoms with Gasteiger partial charge in [0.05, 0.1) is 6.04 Å². The highest BCUT2D eigenvalue weighted by Gasteiger charge is 2.15. The number of rotatable bonds is 9. The first kappa shape index (κ1) is 17.9. The maximum atomic E-state index is 11.9. The van der Waals surface area contributed by atoms with Crippen LogP contribution in [0.3, 0.4) is 0 Å². The summed E-state index contributed by atoms with van der Waals surface area (Å²) in [5.41, 5.74) is 0. The van der Waals surface area contributed by atoms with Crippen molar-refractivity contribution in [2.75, 3.05) is 6.54 Å². The Bertz CT molecular complexity index is 276. The summed E-state index contributed by atoms with van der Waals surface area (Å²) in [5.74, 6) is 0.00747. The van der Waals surface area contributed by atoms with E-state index in [4.69, 9.17) is 0 Å². The third-order valence-corrected chi connectivity index (χ3v) is 2.98. The van der Waals surface area contributed by atoms with Crippen LogP contribution < -0.4 is 16.0 Å². The van der Waals surface area contributed by atoms with Gasteiger partial charge < -0.3 is 16.0 Å². The summed E-state index contributed by atoms with van der Waals surface area (Å²) in [7, 11) is 0. The second kappa shape index (κ2) is 9.78. The summed E-state index contributed by atoms with van der Waals surface area (Å²) in [5, 5.41) is 8.87. The first-order chi connectivity index (χ1) is 8.90. The van der Waals surface area contributed by atoms with Crippen LogP contribution in [0.25, 0.3) is 0 Å². The minimum atomic E-state index is -0.271. The van der Waals surface area contributed by atoms with Crippen molar-refractivity contribution in [2.45, 2.75) is 72.0 Å². The van der Waals surface area contributed by atoms with Crippen LogP contribution in [0.4, 0.5) is 0 Å². The molecule has 5 heteroatoms. The van der Waals surface area contributed by atoms with Crippen LogP contribution >= 0.6 is 0 Å². The van der Waals surface area contributed by atoms with Crippen molar-refractivity contribution in [3.63, 3.8) is 0 Å². The third-order valence-electron chi connectivity index (χ3n) is 2.98. The SMILES string of the molecule is CCC(CC)NC(=O)C(C)NCCC(=O)NC(C)C. The Balaban J connectivity index is 3.88. The molecule has 0 aromatic heterocycles. The van der Waals surface area contributed by atoms with E-state index in [1.54, 1.807) is 0 Å². The van der Waals surface area contributed by atoms with E-state index in [0.717, 1.165) is 12.8 Å².